The fourth-order valence-electron chi connectivity index (χ4n) is 2.29. The summed E-state index contributed by atoms with van der Waals surface area (Å²) in [6.45, 7) is 3.43. The van der Waals surface area contributed by atoms with Gasteiger partial charge in [-0.2, -0.15) is 0 Å². The molecule has 0 saturated heterocycles. The molecule has 0 saturated carbocycles. The second kappa shape index (κ2) is 6.64. The molecule has 22 heavy (non-hydrogen) atoms. The zero-order chi connectivity index (χ0) is 16.3. The number of ketones is 2. The van der Waals surface area contributed by atoms with Gasteiger partial charge < -0.3 is 0 Å². The summed E-state index contributed by atoms with van der Waals surface area (Å²) >= 11 is 12.8. The van der Waals surface area contributed by atoms with Crippen LogP contribution < -0.4 is 0 Å². The summed E-state index contributed by atoms with van der Waals surface area (Å²) in [5, 5.41) is 0.302. The normalized spacial score (nSPS) is 13.7. The Labute approximate surface area is 140 Å². The van der Waals surface area contributed by atoms with E-state index in [0.717, 1.165) is 0 Å². The van der Waals surface area contributed by atoms with Crippen LogP contribution in [0.25, 0.3) is 0 Å². The van der Waals surface area contributed by atoms with Crippen molar-refractivity contribution in [3.8, 4) is 0 Å². The lowest BCUT2D eigenvalue weighted by Crippen LogP contribution is -2.41. The highest BCUT2D eigenvalue weighted by molar-refractivity contribution is 6.50. The largest absolute Gasteiger partial charge is 0.297 e. The Morgan fingerprint density at radius 3 is 2.05 bits per heavy atom. The molecular formula is C18H16Cl2O2. The van der Waals surface area contributed by atoms with E-state index in [1.807, 2.05) is 0 Å². The number of alkyl halides is 1. The number of rotatable bonds is 5. The van der Waals surface area contributed by atoms with Gasteiger partial charge in [-0.25, -0.2) is 0 Å². The predicted molar refractivity (Wildman–Crippen MR) is 89.6 cm³/mol. The molecule has 4 heteroatoms. The summed E-state index contributed by atoms with van der Waals surface area (Å²) in [5.74, 6) is -1.22. The Balaban J connectivity index is 2.64. The first kappa shape index (κ1) is 16.7. The maximum atomic E-state index is 13.0. The molecule has 0 spiro atoms. The number of halogens is 2. The molecule has 0 amide bonds. The van der Waals surface area contributed by atoms with Crippen LogP contribution in [-0.2, 0) is 9.67 Å². The van der Waals surface area contributed by atoms with Crippen LogP contribution in [0.2, 0.25) is 5.02 Å². The van der Waals surface area contributed by atoms with Crippen LogP contribution in [0, 0.1) is 5.92 Å². The van der Waals surface area contributed by atoms with Gasteiger partial charge in [-0.05, 0) is 6.07 Å². The maximum Gasteiger partial charge on any atom is 0.195 e. The Morgan fingerprint density at radius 1 is 0.955 bits per heavy atom. The minimum absolute atomic E-state index is 0.302. The fraction of sp³-hybridized carbons (Fsp3) is 0.222. The maximum absolute atomic E-state index is 13.0. The van der Waals surface area contributed by atoms with Crippen LogP contribution in [-0.4, -0.2) is 11.6 Å². The molecule has 2 aromatic carbocycles. The highest BCUT2D eigenvalue weighted by Gasteiger charge is 2.47. The van der Waals surface area contributed by atoms with Crippen molar-refractivity contribution in [2.75, 3.05) is 0 Å². The van der Waals surface area contributed by atoms with E-state index in [1.54, 1.807) is 68.4 Å². The summed E-state index contributed by atoms with van der Waals surface area (Å²) < 4.78 is 0. The molecule has 2 aromatic rings. The Hall–Kier alpha value is -1.64. The minimum atomic E-state index is -1.81. The number of carbonyl (C=O) groups excluding carboxylic acids is 2. The van der Waals surface area contributed by atoms with Crippen molar-refractivity contribution in [2.45, 2.75) is 18.7 Å². The Kier molecular flexibility index (Phi) is 5.05. The summed E-state index contributed by atoms with van der Waals surface area (Å²) in [7, 11) is 0. The van der Waals surface area contributed by atoms with Gasteiger partial charge in [0.15, 0.2) is 16.4 Å². The SMILES string of the molecule is CC(C)C(=O)C(Cl)(C(=O)c1ccccc1)c1ccccc1Cl. The summed E-state index contributed by atoms with van der Waals surface area (Å²) in [4.78, 5) is 23.9. The third-order valence-electron chi connectivity index (χ3n) is 3.46. The van der Waals surface area contributed by atoms with Crippen molar-refractivity contribution in [1.82, 2.24) is 0 Å². The molecule has 2 nitrogen and oxygen atoms in total. The van der Waals surface area contributed by atoms with Crippen molar-refractivity contribution in [2.24, 2.45) is 5.92 Å². The van der Waals surface area contributed by atoms with Crippen molar-refractivity contribution in [3.63, 3.8) is 0 Å². The molecule has 114 valence electrons. The zero-order valence-electron chi connectivity index (χ0n) is 12.3. The molecular weight excluding hydrogens is 319 g/mol. The van der Waals surface area contributed by atoms with Gasteiger partial charge in [0.1, 0.15) is 0 Å². The number of benzene rings is 2. The Bertz CT molecular complexity index is 695. The van der Waals surface area contributed by atoms with Crippen LogP contribution >= 0.6 is 23.2 Å². The molecule has 0 heterocycles. The van der Waals surface area contributed by atoms with E-state index in [4.69, 9.17) is 23.2 Å². The van der Waals surface area contributed by atoms with Gasteiger partial charge >= 0.3 is 0 Å². The molecule has 1 atom stereocenters. The van der Waals surface area contributed by atoms with Gasteiger partial charge in [0.25, 0.3) is 0 Å². The number of Topliss-reactive ketones (excluding diaryl/α,β-unsaturated/α-hetero) is 2. The third kappa shape index (κ3) is 2.94. The smallest absolute Gasteiger partial charge is 0.195 e. The van der Waals surface area contributed by atoms with Crippen LogP contribution in [0.3, 0.4) is 0 Å². The molecule has 0 radical (unpaired) electrons. The average Bonchev–Trinajstić information content (AvgIpc) is 2.54. The van der Waals surface area contributed by atoms with Gasteiger partial charge in [0.05, 0.1) is 0 Å². The fourth-order valence-corrected chi connectivity index (χ4v) is 3.11. The van der Waals surface area contributed by atoms with E-state index in [0.29, 0.717) is 16.1 Å². The van der Waals surface area contributed by atoms with Gasteiger partial charge in [-0.3, -0.25) is 9.59 Å². The highest BCUT2D eigenvalue weighted by Crippen LogP contribution is 2.39. The van der Waals surface area contributed by atoms with E-state index in [-0.39, 0.29) is 5.78 Å². The zero-order valence-corrected chi connectivity index (χ0v) is 13.9. The van der Waals surface area contributed by atoms with E-state index < -0.39 is 16.6 Å². The van der Waals surface area contributed by atoms with Gasteiger partial charge in [-0.1, -0.05) is 85.6 Å². The summed E-state index contributed by atoms with van der Waals surface area (Å²) in [6.07, 6.45) is 0. The Morgan fingerprint density at radius 2 is 1.50 bits per heavy atom. The van der Waals surface area contributed by atoms with Crippen LogP contribution in [0.1, 0.15) is 29.8 Å². The molecule has 0 fully saturated rings. The van der Waals surface area contributed by atoms with Crippen molar-refractivity contribution in [1.29, 1.82) is 0 Å². The van der Waals surface area contributed by atoms with Crippen molar-refractivity contribution in [3.05, 3.63) is 70.7 Å². The first-order valence-corrected chi connectivity index (χ1v) is 7.72. The van der Waals surface area contributed by atoms with E-state index in [2.05, 4.69) is 0 Å². The standard InChI is InChI=1S/C18H16Cl2O2/c1-12(2)16(21)18(20,14-10-6-7-11-15(14)19)17(22)13-8-4-3-5-9-13/h3-12H,1-2H3. The van der Waals surface area contributed by atoms with Crippen molar-refractivity contribution >= 4 is 34.8 Å². The molecule has 0 aromatic heterocycles. The monoisotopic (exact) mass is 334 g/mol. The molecule has 1 unspecified atom stereocenters. The van der Waals surface area contributed by atoms with Crippen molar-refractivity contribution < 1.29 is 9.59 Å². The second-order valence-corrected chi connectivity index (χ2v) is 6.33. The van der Waals surface area contributed by atoms with E-state index in [1.165, 1.54) is 0 Å². The topological polar surface area (TPSA) is 34.1 Å². The molecule has 0 aliphatic heterocycles. The van der Waals surface area contributed by atoms with Gasteiger partial charge in [-0.15, -0.1) is 0 Å². The first-order valence-electron chi connectivity index (χ1n) is 6.97. The van der Waals surface area contributed by atoms with Crippen LogP contribution in [0.15, 0.2) is 54.6 Å². The lowest BCUT2D eigenvalue weighted by molar-refractivity contribution is -0.123. The molecule has 0 aliphatic rings. The van der Waals surface area contributed by atoms with Gasteiger partial charge in [0.2, 0.25) is 0 Å². The predicted octanol–water partition coefficient (Wildman–Crippen LogP) is 4.88. The average molecular weight is 335 g/mol. The first-order chi connectivity index (χ1) is 10.4. The van der Waals surface area contributed by atoms with Gasteiger partial charge in [0, 0.05) is 22.1 Å². The van der Waals surface area contributed by atoms with Crippen LogP contribution in [0.5, 0.6) is 0 Å². The number of hydrogen-bond donors (Lipinski definition) is 0. The van der Waals surface area contributed by atoms with E-state index in [9.17, 15) is 9.59 Å². The lowest BCUT2D eigenvalue weighted by Gasteiger charge is -2.27. The molecule has 0 aliphatic carbocycles. The molecule has 0 bridgehead atoms. The van der Waals surface area contributed by atoms with E-state index >= 15 is 0 Å². The summed E-state index contributed by atoms with van der Waals surface area (Å²) in [5.41, 5.74) is 0.706. The highest BCUT2D eigenvalue weighted by atomic mass is 35.5. The number of carbonyl (C=O) groups is 2. The summed E-state index contributed by atoms with van der Waals surface area (Å²) in [6, 6.07) is 15.2. The molecule has 0 N–H and O–H groups in total. The van der Waals surface area contributed by atoms with Crippen LogP contribution in [0.4, 0.5) is 0 Å². The minimum Gasteiger partial charge on any atom is -0.297 e. The third-order valence-corrected chi connectivity index (χ3v) is 4.35. The molecule has 2 rings (SSSR count). The second-order valence-electron chi connectivity index (χ2n) is 5.35. The quantitative estimate of drug-likeness (QED) is 0.443. The number of hydrogen-bond acceptors (Lipinski definition) is 2. The lowest BCUT2D eigenvalue weighted by atomic mass is 9.82.